The van der Waals surface area contributed by atoms with Gasteiger partial charge in [0.15, 0.2) is 0 Å². The molecule has 0 unspecified atom stereocenters. The van der Waals surface area contributed by atoms with Crippen LogP contribution in [0.25, 0.3) is 16.8 Å². The summed E-state index contributed by atoms with van der Waals surface area (Å²) in [5.41, 5.74) is 3.99. The predicted molar refractivity (Wildman–Crippen MR) is 122 cm³/mol. The fourth-order valence-electron chi connectivity index (χ4n) is 3.46. The summed E-state index contributed by atoms with van der Waals surface area (Å²) in [4.78, 5) is 23.6. The lowest BCUT2D eigenvalue weighted by Crippen LogP contribution is -2.20. The van der Waals surface area contributed by atoms with Crippen molar-refractivity contribution in [3.05, 3.63) is 101 Å². The molecule has 3 aromatic carbocycles. The SMILES string of the molecule is Cc1ccccc1Cn1cc(/C=C/C(=O)NCc2cccc3ccc(C(=O)O)cc23)nn1. The normalized spacial score (nSPS) is 11.2. The zero-order valence-electron chi connectivity index (χ0n) is 17.5. The number of hydrogen-bond acceptors (Lipinski definition) is 4. The van der Waals surface area contributed by atoms with Crippen LogP contribution in [0.1, 0.15) is 32.7 Å². The van der Waals surface area contributed by atoms with Gasteiger partial charge < -0.3 is 10.4 Å². The Hall–Kier alpha value is -4.26. The van der Waals surface area contributed by atoms with Crippen molar-refractivity contribution in [2.24, 2.45) is 0 Å². The van der Waals surface area contributed by atoms with E-state index in [-0.39, 0.29) is 18.0 Å². The first-order valence-corrected chi connectivity index (χ1v) is 10.1. The van der Waals surface area contributed by atoms with Gasteiger partial charge in [0.25, 0.3) is 0 Å². The first-order valence-electron chi connectivity index (χ1n) is 10.1. The van der Waals surface area contributed by atoms with Gasteiger partial charge in [-0.2, -0.15) is 0 Å². The molecule has 0 saturated carbocycles. The number of carboxylic acid groups (broad SMARTS) is 1. The Labute approximate surface area is 185 Å². The van der Waals surface area contributed by atoms with Crippen molar-refractivity contribution in [3.8, 4) is 0 Å². The number of carbonyl (C=O) groups excluding carboxylic acids is 1. The highest BCUT2D eigenvalue weighted by atomic mass is 16.4. The first kappa shape index (κ1) is 21.0. The largest absolute Gasteiger partial charge is 0.478 e. The number of aryl methyl sites for hydroxylation is 1. The van der Waals surface area contributed by atoms with Crippen LogP contribution in [-0.4, -0.2) is 32.0 Å². The van der Waals surface area contributed by atoms with Crippen molar-refractivity contribution >= 4 is 28.7 Å². The van der Waals surface area contributed by atoms with Crippen molar-refractivity contribution in [1.29, 1.82) is 0 Å². The van der Waals surface area contributed by atoms with Crippen LogP contribution >= 0.6 is 0 Å². The summed E-state index contributed by atoms with van der Waals surface area (Å²) in [6.07, 6.45) is 4.81. The maximum absolute atomic E-state index is 12.3. The van der Waals surface area contributed by atoms with Crippen molar-refractivity contribution in [3.63, 3.8) is 0 Å². The van der Waals surface area contributed by atoms with Gasteiger partial charge in [0, 0.05) is 12.6 Å². The number of aromatic nitrogens is 3. The molecule has 1 aromatic heterocycles. The lowest BCUT2D eigenvalue weighted by atomic mass is 10.0. The second-order valence-corrected chi connectivity index (χ2v) is 7.48. The summed E-state index contributed by atoms with van der Waals surface area (Å²) in [6.45, 7) is 2.94. The zero-order valence-corrected chi connectivity index (χ0v) is 17.5. The number of nitrogens with zero attached hydrogens (tertiary/aromatic N) is 3. The minimum Gasteiger partial charge on any atom is -0.478 e. The number of aromatic carboxylic acids is 1. The van der Waals surface area contributed by atoms with Crippen molar-refractivity contribution in [2.45, 2.75) is 20.0 Å². The average Bonchev–Trinajstić information content (AvgIpc) is 3.24. The molecule has 1 heterocycles. The van der Waals surface area contributed by atoms with Crippen LogP contribution < -0.4 is 5.32 Å². The Bertz CT molecular complexity index is 1320. The van der Waals surface area contributed by atoms with Crippen LogP contribution in [0.5, 0.6) is 0 Å². The third-order valence-electron chi connectivity index (χ3n) is 5.23. The van der Waals surface area contributed by atoms with Crippen molar-refractivity contribution < 1.29 is 14.7 Å². The first-order chi connectivity index (χ1) is 15.5. The predicted octanol–water partition coefficient (Wildman–Crippen LogP) is 3.82. The molecule has 0 radical (unpaired) electrons. The third-order valence-corrected chi connectivity index (χ3v) is 5.23. The number of fused-ring (bicyclic) bond motifs is 1. The Morgan fingerprint density at radius 2 is 1.88 bits per heavy atom. The molecule has 0 spiro atoms. The Kier molecular flexibility index (Phi) is 6.07. The van der Waals surface area contributed by atoms with E-state index in [4.69, 9.17) is 0 Å². The lowest BCUT2D eigenvalue weighted by Gasteiger charge is -2.08. The maximum atomic E-state index is 12.3. The second-order valence-electron chi connectivity index (χ2n) is 7.48. The van der Waals surface area contributed by atoms with Crippen LogP contribution in [0.2, 0.25) is 0 Å². The van der Waals surface area contributed by atoms with Gasteiger partial charge in [0.05, 0.1) is 18.3 Å². The zero-order chi connectivity index (χ0) is 22.5. The molecule has 32 heavy (non-hydrogen) atoms. The van der Waals surface area contributed by atoms with Gasteiger partial charge in [-0.15, -0.1) is 5.10 Å². The summed E-state index contributed by atoms with van der Waals surface area (Å²) in [5, 5.41) is 22.0. The fraction of sp³-hybridized carbons (Fsp3) is 0.120. The molecular formula is C25H22N4O3. The highest BCUT2D eigenvalue weighted by molar-refractivity contribution is 5.96. The Balaban J connectivity index is 1.39. The molecule has 0 aliphatic carbocycles. The van der Waals surface area contributed by atoms with E-state index >= 15 is 0 Å². The summed E-state index contributed by atoms with van der Waals surface area (Å²) in [6, 6.07) is 18.7. The number of benzene rings is 3. The molecule has 1 amide bonds. The van der Waals surface area contributed by atoms with Crippen LogP contribution in [0.15, 0.2) is 72.9 Å². The Morgan fingerprint density at radius 1 is 1.06 bits per heavy atom. The molecule has 2 N–H and O–H groups in total. The number of rotatable bonds is 7. The van der Waals surface area contributed by atoms with Crippen LogP contribution in [0.4, 0.5) is 0 Å². The van der Waals surface area contributed by atoms with Gasteiger partial charge in [-0.1, -0.05) is 53.7 Å². The van der Waals surface area contributed by atoms with Crippen LogP contribution in [0, 0.1) is 6.92 Å². The van der Waals surface area contributed by atoms with Crippen molar-refractivity contribution in [1.82, 2.24) is 20.3 Å². The number of nitrogens with one attached hydrogen (secondary N) is 1. The van der Waals surface area contributed by atoms with Gasteiger partial charge in [-0.25, -0.2) is 9.48 Å². The summed E-state index contributed by atoms with van der Waals surface area (Å²) >= 11 is 0. The van der Waals surface area contributed by atoms with Gasteiger partial charge >= 0.3 is 5.97 Å². The van der Waals surface area contributed by atoms with E-state index in [2.05, 4.69) is 28.6 Å². The number of hydrogen-bond donors (Lipinski definition) is 2. The minimum absolute atomic E-state index is 0.213. The molecule has 0 atom stereocenters. The van der Waals surface area contributed by atoms with E-state index in [0.717, 1.165) is 21.9 Å². The standard InChI is InChI=1S/C25H22N4O3/c1-17-5-2-3-6-21(17)15-29-16-22(27-28-29)11-12-24(30)26-14-20-8-4-7-18-9-10-19(25(31)32)13-23(18)20/h2-13,16H,14-15H2,1H3,(H,26,30)(H,31,32)/b12-11+. The summed E-state index contributed by atoms with van der Waals surface area (Å²) in [7, 11) is 0. The minimum atomic E-state index is -0.982. The Morgan fingerprint density at radius 3 is 2.69 bits per heavy atom. The van der Waals surface area contributed by atoms with Gasteiger partial charge in [-0.05, 0) is 52.6 Å². The van der Waals surface area contributed by atoms with Gasteiger partial charge in [0.2, 0.25) is 5.91 Å². The molecule has 7 nitrogen and oxygen atoms in total. The van der Waals surface area contributed by atoms with Crippen molar-refractivity contribution in [2.75, 3.05) is 0 Å². The van der Waals surface area contributed by atoms with Gasteiger partial charge in [-0.3, -0.25) is 4.79 Å². The number of carboxylic acids is 1. The molecule has 4 rings (SSSR count). The quantitative estimate of drug-likeness (QED) is 0.438. The maximum Gasteiger partial charge on any atom is 0.335 e. The smallest absolute Gasteiger partial charge is 0.335 e. The van der Waals surface area contributed by atoms with E-state index in [1.165, 1.54) is 11.6 Å². The van der Waals surface area contributed by atoms with E-state index in [1.807, 2.05) is 36.4 Å². The van der Waals surface area contributed by atoms with Crippen LogP contribution in [0.3, 0.4) is 0 Å². The summed E-state index contributed by atoms with van der Waals surface area (Å²) < 4.78 is 1.73. The third kappa shape index (κ3) is 4.89. The summed E-state index contributed by atoms with van der Waals surface area (Å²) in [5.74, 6) is -1.26. The number of carbonyl (C=O) groups is 2. The topological polar surface area (TPSA) is 97.1 Å². The fourth-order valence-corrected chi connectivity index (χ4v) is 3.46. The monoisotopic (exact) mass is 426 g/mol. The molecule has 0 aliphatic heterocycles. The van der Waals surface area contributed by atoms with E-state index in [0.29, 0.717) is 12.2 Å². The lowest BCUT2D eigenvalue weighted by molar-refractivity contribution is -0.116. The molecule has 0 saturated heterocycles. The molecule has 0 bridgehead atoms. The van der Waals surface area contributed by atoms with E-state index < -0.39 is 5.97 Å². The van der Waals surface area contributed by atoms with Crippen LogP contribution in [-0.2, 0) is 17.9 Å². The molecule has 0 fully saturated rings. The highest BCUT2D eigenvalue weighted by Gasteiger charge is 2.08. The molecule has 160 valence electrons. The molecule has 0 aliphatic rings. The second kappa shape index (κ2) is 9.26. The van der Waals surface area contributed by atoms with E-state index in [9.17, 15) is 14.7 Å². The van der Waals surface area contributed by atoms with Gasteiger partial charge in [0.1, 0.15) is 5.69 Å². The number of amides is 1. The molecular weight excluding hydrogens is 404 g/mol. The molecule has 7 heteroatoms. The average molecular weight is 426 g/mol. The molecule has 4 aromatic rings. The van der Waals surface area contributed by atoms with E-state index in [1.54, 1.807) is 35.2 Å². The highest BCUT2D eigenvalue weighted by Crippen LogP contribution is 2.20.